The molecule has 0 bridgehead atoms. The third-order valence-electron chi connectivity index (χ3n) is 3.87. The molecule has 2 N–H and O–H groups in total. The molecule has 1 fully saturated rings. The van der Waals surface area contributed by atoms with E-state index in [1.165, 1.54) is 22.9 Å². The molecule has 2 rings (SSSR count). The molecule has 0 radical (unpaired) electrons. The number of nitrogens with two attached hydrogens (primary N) is 1. The minimum atomic E-state index is -3.58. The number of thiocarbonyl (C=S) groups is 1. The summed E-state index contributed by atoms with van der Waals surface area (Å²) in [5.74, 6) is 0.467. The maximum absolute atomic E-state index is 12.7. The van der Waals surface area contributed by atoms with Gasteiger partial charge in [-0.2, -0.15) is 4.31 Å². The molecule has 1 aliphatic rings. The lowest BCUT2D eigenvalue weighted by Crippen LogP contribution is -2.37. The molecule has 0 heterocycles. The quantitative estimate of drug-likeness (QED) is 0.804. The normalized spacial score (nSPS) is 16.0. The Hall–Kier alpha value is -0.690. The average Bonchev–Trinajstić information content (AvgIpc) is 2.36. The zero-order valence-corrected chi connectivity index (χ0v) is 14.3. The third-order valence-corrected chi connectivity index (χ3v) is 6.53. The number of halogens is 1. The van der Waals surface area contributed by atoms with Crippen molar-refractivity contribution in [1.29, 1.82) is 0 Å². The molecule has 0 saturated heterocycles. The van der Waals surface area contributed by atoms with Crippen LogP contribution < -0.4 is 5.73 Å². The second-order valence-corrected chi connectivity index (χ2v) is 8.02. The van der Waals surface area contributed by atoms with E-state index in [0.717, 1.165) is 12.8 Å². The van der Waals surface area contributed by atoms with E-state index in [0.29, 0.717) is 24.6 Å². The summed E-state index contributed by atoms with van der Waals surface area (Å²) in [6, 6.07) is 4.59. The van der Waals surface area contributed by atoms with E-state index < -0.39 is 10.0 Å². The first kappa shape index (κ1) is 16.7. The summed E-state index contributed by atoms with van der Waals surface area (Å²) in [4.78, 5) is 0.313. The van der Waals surface area contributed by atoms with Gasteiger partial charge in [0.15, 0.2) is 0 Å². The number of sulfonamides is 1. The number of rotatable bonds is 6. The largest absolute Gasteiger partial charge is 0.389 e. The average molecular weight is 347 g/mol. The molecule has 4 nitrogen and oxygen atoms in total. The van der Waals surface area contributed by atoms with E-state index in [4.69, 9.17) is 29.6 Å². The van der Waals surface area contributed by atoms with Gasteiger partial charge >= 0.3 is 0 Å². The first-order valence-electron chi connectivity index (χ1n) is 6.95. The molecule has 1 aromatic carbocycles. The third kappa shape index (κ3) is 3.56. The number of hydrogen-bond acceptors (Lipinski definition) is 3. The van der Waals surface area contributed by atoms with Crippen molar-refractivity contribution >= 4 is 38.8 Å². The molecule has 0 aliphatic heterocycles. The minimum Gasteiger partial charge on any atom is -0.389 e. The Labute approximate surface area is 136 Å². The maximum Gasteiger partial charge on any atom is 0.244 e. The van der Waals surface area contributed by atoms with Crippen LogP contribution in [0.15, 0.2) is 23.1 Å². The van der Waals surface area contributed by atoms with E-state index in [1.807, 2.05) is 6.92 Å². The van der Waals surface area contributed by atoms with Gasteiger partial charge in [0.2, 0.25) is 10.0 Å². The Morgan fingerprint density at radius 3 is 2.57 bits per heavy atom. The van der Waals surface area contributed by atoms with Crippen LogP contribution in [0.2, 0.25) is 5.02 Å². The predicted octanol–water partition coefficient (Wildman–Crippen LogP) is 2.78. The molecule has 0 aromatic heterocycles. The van der Waals surface area contributed by atoms with Gasteiger partial charge in [0, 0.05) is 18.7 Å². The van der Waals surface area contributed by atoms with Gasteiger partial charge < -0.3 is 5.73 Å². The van der Waals surface area contributed by atoms with Gasteiger partial charge in [-0.15, -0.1) is 0 Å². The second-order valence-electron chi connectivity index (χ2n) is 5.26. The zero-order chi connectivity index (χ0) is 15.6. The Morgan fingerprint density at radius 2 is 2.14 bits per heavy atom. The summed E-state index contributed by atoms with van der Waals surface area (Å²) in [6.45, 7) is 2.84. The van der Waals surface area contributed by atoms with Crippen molar-refractivity contribution in [2.45, 2.75) is 31.1 Å². The molecule has 1 saturated carbocycles. The highest BCUT2D eigenvalue weighted by molar-refractivity contribution is 7.89. The Balaban J connectivity index is 2.30. The molecular weight excluding hydrogens is 328 g/mol. The van der Waals surface area contributed by atoms with Crippen LogP contribution in [0.5, 0.6) is 0 Å². The summed E-state index contributed by atoms with van der Waals surface area (Å²) in [5, 5.41) is 0.160. The summed E-state index contributed by atoms with van der Waals surface area (Å²) in [6.07, 6.45) is 3.38. The summed E-state index contributed by atoms with van der Waals surface area (Å²) in [7, 11) is -3.58. The molecule has 0 spiro atoms. The maximum atomic E-state index is 12.7. The van der Waals surface area contributed by atoms with Crippen LogP contribution >= 0.6 is 23.8 Å². The van der Waals surface area contributed by atoms with E-state index in [9.17, 15) is 8.42 Å². The van der Waals surface area contributed by atoms with Crippen molar-refractivity contribution in [3.63, 3.8) is 0 Å². The molecule has 21 heavy (non-hydrogen) atoms. The van der Waals surface area contributed by atoms with E-state index in [-0.39, 0.29) is 14.9 Å². The van der Waals surface area contributed by atoms with Gasteiger partial charge in [0.25, 0.3) is 0 Å². The Bertz CT molecular complexity index is 642. The topological polar surface area (TPSA) is 63.4 Å². The van der Waals surface area contributed by atoms with Gasteiger partial charge in [0.05, 0.1) is 5.02 Å². The minimum absolute atomic E-state index is 0.116. The fourth-order valence-corrected chi connectivity index (χ4v) is 4.53. The number of benzene rings is 1. The van der Waals surface area contributed by atoms with Gasteiger partial charge in [0.1, 0.15) is 9.88 Å². The van der Waals surface area contributed by atoms with Crippen LogP contribution in [0, 0.1) is 5.92 Å². The summed E-state index contributed by atoms with van der Waals surface area (Å²) in [5.41, 5.74) is 6.10. The number of nitrogens with zero attached hydrogens (tertiary/aromatic N) is 1. The predicted molar refractivity (Wildman–Crippen MR) is 89.1 cm³/mol. The smallest absolute Gasteiger partial charge is 0.244 e. The lowest BCUT2D eigenvalue weighted by Gasteiger charge is -2.31. The van der Waals surface area contributed by atoms with E-state index in [1.54, 1.807) is 6.07 Å². The molecule has 0 unspecified atom stereocenters. The van der Waals surface area contributed by atoms with Crippen LogP contribution in [0.4, 0.5) is 0 Å². The van der Waals surface area contributed by atoms with Crippen molar-refractivity contribution < 1.29 is 8.42 Å². The van der Waals surface area contributed by atoms with Crippen LogP contribution in [-0.4, -0.2) is 30.8 Å². The molecule has 0 amide bonds. The molecule has 116 valence electrons. The van der Waals surface area contributed by atoms with Crippen LogP contribution in [0.3, 0.4) is 0 Å². The highest BCUT2D eigenvalue weighted by Crippen LogP contribution is 2.31. The SMILES string of the molecule is CCN(CC1CCC1)S(=O)(=O)c1ccc(C(N)=S)cc1Cl. The van der Waals surface area contributed by atoms with Gasteiger partial charge in [-0.05, 0) is 30.9 Å². The van der Waals surface area contributed by atoms with Crippen molar-refractivity contribution in [1.82, 2.24) is 4.31 Å². The van der Waals surface area contributed by atoms with E-state index >= 15 is 0 Å². The second kappa shape index (κ2) is 6.60. The van der Waals surface area contributed by atoms with Crippen molar-refractivity contribution in [2.24, 2.45) is 11.7 Å². The van der Waals surface area contributed by atoms with Crippen molar-refractivity contribution in [3.05, 3.63) is 28.8 Å². The van der Waals surface area contributed by atoms with E-state index in [2.05, 4.69) is 0 Å². The first-order chi connectivity index (χ1) is 9.86. The molecular formula is C14H19ClN2O2S2. The van der Waals surface area contributed by atoms with Gasteiger partial charge in [-0.3, -0.25) is 0 Å². The van der Waals surface area contributed by atoms with Crippen LogP contribution in [0.1, 0.15) is 31.7 Å². The van der Waals surface area contributed by atoms with Gasteiger partial charge in [-0.1, -0.05) is 43.2 Å². The molecule has 1 aliphatic carbocycles. The van der Waals surface area contributed by atoms with Crippen LogP contribution in [-0.2, 0) is 10.0 Å². The molecule has 1 aromatic rings. The standard InChI is InChI=1S/C14H19ClN2O2S2/c1-2-17(9-10-4-3-5-10)21(18,19)13-7-6-11(14(16)20)8-12(13)15/h6-8,10H,2-5,9H2,1H3,(H2,16,20). The lowest BCUT2D eigenvalue weighted by molar-refractivity contribution is 0.250. The summed E-state index contributed by atoms with van der Waals surface area (Å²) < 4.78 is 26.9. The number of hydrogen-bond donors (Lipinski definition) is 1. The Kier molecular flexibility index (Phi) is 5.24. The monoisotopic (exact) mass is 346 g/mol. The fraction of sp³-hybridized carbons (Fsp3) is 0.500. The highest BCUT2D eigenvalue weighted by atomic mass is 35.5. The lowest BCUT2D eigenvalue weighted by atomic mass is 9.85. The van der Waals surface area contributed by atoms with Crippen LogP contribution in [0.25, 0.3) is 0 Å². The van der Waals surface area contributed by atoms with Crippen molar-refractivity contribution in [2.75, 3.05) is 13.1 Å². The summed E-state index contributed by atoms with van der Waals surface area (Å²) >= 11 is 11.0. The molecule has 0 atom stereocenters. The Morgan fingerprint density at radius 1 is 1.48 bits per heavy atom. The van der Waals surface area contributed by atoms with Gasteiger partial charge in [-0.25, -0.2) is 8.42 Å². The highest BCUT2D eigenvalue weighted by Gasteiger charge is 2.30. The first-order valence-corrected chi connectivity index (χ1v) is 9.18. The molecule has 7 heteroatoms. The zero-order valence-electron chi connectivity index (χ0n) is 11.9. The fourth-order valence-electron chi connectivity index (χ4n) is 2.36. The van der Waals surface area contributed by atoms with Crippen molar-refractivity contribution in [3.8, 4) is 0 Å².